The van der Waals surface area contributed by atoms with Crippen LogP contribution in [0, 0.1) is 0 Å². The average molecular weight is 389 g/mol. The molecular weight excluding hydrogens is 360 g/mol. The molecule has 6 nitrogen and oxygen atoms in total. The molecule has 1 atom stereocenters. The third-order valence-corrected chi connectivity index (χ3v) is 5.87. The second kappa shape index (κ2) is 8.80. The fraction of sp³-hybridized carbons (Fsp3) is 0.588. The number of nitrogens with zero attached hydrogens (tertiary/aromatic N) is 1. The Kier molecular flexibility index (Phi) is 7.62. The highest BCUT2D eigenvalue weighted by molar-refractivity contribution is 8.00. The van der Waals surface area contributed by atoms with Gasteiger partial charge in [-0.3, -0.25) is 9.10 Å². The van der Waals surface area contributed by atoms with Crippen LogP contribution in [0.3, 0.4) is 0 Å². The van der Waals surface area contributed by atoms with Crippen LogP contribution in [0.1, 0.15) is 27.7 Å². The standard InChI is InChI=1S/C17H28N2O4S2/c1-13(16(20)18-11-12-24-17(2,3)4)19(25(6,21)22)14-7-9-15(23-5)10-8-14/h7-10,13H,11-12H2,1-6H3,(H,18,20)/t13-/m0/s1. The molecule has 8 heteroatoms. The first-order chi connectivity index (χ1) is 11.5. The summed E-state index contributed by atoms with van der Waals surface area (Å²) in [6, 6.07) is 5.73. The minimum atomic E-state index is -3.61. The van der Waals surface area contributed by atoms with Crippen LogP contribution in [0.25, 0.3) is 0 Å². The molecule has 0 fully saturated rings. The maximum absolute atomic E-state index is 12.4. The second-order valence-corrected chi connectivity index (χ2v) is 10.5. The van der Waals surface area contributed by atoms with E-state index >= 15 is 0 Å². The molecule has 1 aromatic carbocycles. The van der Waals surface area contributed by atoms with Gasteiger partial charge in [0.1, 0.15) is 11.8 Å². The fourth-order valence-corrected chi connectivity index (χ4v) is 4.21. The molecule has 0 radical (unpaired) electrons. The Hall–Kier alpha value is -1.41. The molecule has 1 N–H and O–H groups in total. The van der Waals surface area contributed by atoms with Gasteiger partial charge in [0, 0.05) is 17.0 Å². The lowest BCUT2D eigenvalue weighted by molar-refractivity contribution is -0.121. The van der Waals surface area contributed by atoms with Crippen molar-refractivity contribution in [1.82, 2.24) is 5.32 Å². The van der Waals surface area contributed by atoms with Crippen molar-refractivity contribution in [1.29, 1.82) is 0 Å². The summed E-state index contributed by atoms with van der Waals surface area (Å²) < 4.78 is 30.7. The predicted octanol–water partition coefficient (Wildman–Crippen LogP) is 2.50. The van der Waals surface area contributed by atoms with E-state index < -0.39 is 16.1 Å². The summed E-state index contributed by atoms with van der Waals surface area (Å²) >= 11 is 1.74. The normalized spacial score (nSPS) is 13.2. The maximum Gasteiger partial charge on any atom is 0.243 e. The predicted molar refractivity (Wildman–Crippen MR) is 105 cm³/mol. The Morgan fingerprint density at radius 3 is 2.28 bits per heavy atom. The lowest BCUT2D eigenvalue weighted by Gasteiger charge is -2.28. The first-order valence-electron chi connectivity index (χ1n) is 8.01. The smallest absolute Gasteiger partial charge is 0.243 e. The molecule has 0 saturated heterocycles. The topological polar surface area (TPSA) is 75.7 Å². The van der Waals surface area contributed by atoms with Crippen molar-refractivity contribution in [2.75, 3.05) is 30.0 Å². The largest absolute Gasteiger partial charge is 0.497 e. The molecule has 142 valence electrons. The molecule has 0 saturated carbocycles. The number of ether oxygens (including phenoxy) is 1. The molecule has 0 spiro atoms. The number of thioether (sulfide) groups is 1. The number of sulfonamides is 1. The second-order valence-electron chi connectivity index (χ2n) is 6.68. The molecule has 0 aromatic heterocycles. The number of hydrogen-bond donors (Lipinski definition) is 1. The first-order valence-corrected chi connectivity index (χ1v) is 10.8. The van der Waals surface area contributed by atoms with Crippen molar-refractivity contribution >= 4 is 33.4 Å². The molecule has 0 aliphatic carbocycles. The third-order valence-electron chi connectivity index (χ3n) is 3.35. The number of hydrogen-bond acceptors (Lipinski definition) is 5. The Balaban J connectivity index is 2.83. The number of benzene rings is 1. The van der Waals surface area contributed by atoms with Gasteiger partial charge in [-0.15, -0.1) is 0 Å². The minimum absolute atomic E-state index is 0.123. The van der Waals surface area contributed by atoms with Crippen LogP contribution in [0.2, 0.25) is 0 Å². The summed E-state index contributed by atoms with van der Waals surface area (Å²) in [5.41, 5.74) is 0.426. The van der Waals surface area contributed by atoms with E-state index in [0.717, 1.165) is 16.3 Å². The lowest BCUT2D eigenvalue weighted by Crippen LogP contribution is -2.48. The monoisotopic (exact) mass is 388 g/mol. The lowest BCUT2D eigenvalue weighted by atomic mass is 10.2. The average Bonchev–Trinajstić information content (AvgIpc) is 2.49. The van der Waals surface area contributed by atoms with Gasteiger partial charge in [-0.25, -0.2) is 8.42 Å². The van der Waals surface area contributed by atoms with Crippen LogP contribution in [-0.2, 0) is 14.8 Å². The number of anilines is 1. The zero-order valence-electron chi connectivity index (χ0n) is 15.7. The van der Waals surface area contributed by atoms with Gasteiger partial charge in [0.05, 0.1) is 19.1 Å². The van der Waals surface area contributed by atoms with E-state index in [2.05, 4.69) is 26.1 Å². The molecule has 25 heavy (non-hydrogen) atoms. The summed E-state index contributed by atoms with van der Waals surface area (Å²) in [7, 11) is -2.07. The van der Waals surface area contributed by atoms with Crippen molar-refractivity contribution < 1.29 is 17.9 Å². The van der Waals surface area contributed by atoms with Gasteiger partial charge in [0.15, 0.2) is 0 Å². The van der Waals surface area contributed by atoms with Crippen LogP contribution in [0.4, 0.5) is 5.69 Å². The van der Waals surface area contributed by atoms with Gasteiger partial charge in [0.25, 0.3) is 0 Å². The Morgan fingerprint density at radius 1 is 1.28 bits per heavy atom. The number of carbonyl (C=O) groups excluding carboxylic acids is 1. The number of amides is 1. The quantitative estimate of drug-likeness (QED) is 0.693. The molecule has 0 heterocycles. The van der Waals surface area contributed by atoms with E-state index in [1.807, 2.05) is 0 Å². The molecule has 1 rings (SSSR count). The fourth-order valence-electron chi connectivity index (χ4n) is 2.22. The van der Waals surface area contributed by atoms with Gasteiger partial charge in [-0.2, -0.15) is 11.8 Å². The zero-order valence-corrected chi connectivity index (χ0v) is 17.3. The summed E-state index contributed by atoms with van der Waals surface area (Å²) in [6.45, 7) is 8.40. The molecular formula is C17H28N2O4S2. The maximum atomic E-state index is 12.4. The van der Waals surface area contributed by atoms with Crippen LogP contribution >= 0.6 is 11.8 Å². The summed E-state index contributed by atoms with van der Waals surface area (Å²) in [6.07, 6.45) is 1.09. The summed E-state index contributed by atoms with van der Waals surface area (Å²) in [5.74, 6) is 1.06. The van der Waals surface area contributed by atoms with Gasteiger partial charge in [0.2, 0.25) is 15.9 Å². The molecule has 0 unspecified atom stereocenters. The van der Waals surface area contributed by atoms with Gasteiger partial charge >= 0.3 is 0 Å². The van der Waals surface area contributed by atoms with Crippen molar-refractivity contribution in [3.8, 4) is 5.75 Å². The number of rotatable bonds is 8. The van der Waals surface area contributed by atoms with E-state index in [1.165, 1.54) is 7.11 Å². The Morgan fingerprint density at radius 2 is 1.84 bits per heavy atom. The van der Waals surface area contributed by atoms with Crippen molar-refractivity contribution in [3.05, 3.63) is 24.3 Å². The van der Waals surface area contributed by atoms with E-state index in [9.17, 15) is 13.2 Å². The van der Waals surface area contributed by atoms with Crippen LogP contribution in [0.15, 0.2) is 24.3 Å². The third kappa shape index (κ3) is 7.15. The summed E-state index contributed by atoms with van der Waals surface area (Å²) in [5, 5.41) is 2.81. The van der Waals surface area contributed by atoms with E-state index in [0.29, 0.717) is 18.0 Å². The van der Waals surface area contributed by atoms with Gasteiger partial charge in [-0.1, -0.05) is 20.8 Å². The van der Waals surface area contributed by atoms with E-state index in [4.69, 9.17) is 4.74 Å². The zero-order chi connectivity index (χ0) is 19.3. The highest BCUT2D eigenvalue weighted by Gasteiger charge is 2.29. The Bertz CT molecular complexity index is 667. The molecule has 0 aliphatic heterocycles. The van der Waals surface area contributed by atoms with Crippen molar-refractivity contribution in [3.63, 3.8) is 0 Å². The van der Waals surface area contributed by atoms with Crippen LogP contribution in [0.5, 0.6) is 5.75 Å². The number of nitrogens with one attached hydrogen (secondary N) is 1. The first kappa shape index (κ1) is 21.6. The molecule has 0 aliphatic rings. The van der Waals surface area contributed by atoms with Crippen LogP contribution in [-0.4, -0.2) is 50.8 Å². The van der Waals surface area contributed by atoms with Gasteiger partial charge in [-0.05, 0) is 31.2 Å². The highest BCUT2D eigenvalue weighted by Crippen LogP contribution is 2.24. The SMILES string of the molecule is COc1ccc(N([C@@H](C)C(=O)NCCSC(C)(C)C)S(C)(=O)=O)cc1. The van der Waals surface area contributed by atoms with Gasteiger partial charge < -0.3 is 10.1 Å². The highest BCUT2D eigenvalue weighted by atomic mass is 32.2. The Labute approximate surface area is 155 Å². The number of carbonyl (C=O) groups is 1. The minimum Gasteiger partial charge on any atom is -0.497 e. The molecule has 0 bridgehead atoms. The van der Waals surface area contributed by atoms with Crippen molar-refractivity contribution in [2.24, 2.45) is 0 Å². The van der Waals surface area contributed by atoms with Crippen molar-refractivity contribution in [2.45, 2.75) is 38.5 Å². The molecule has 1 amide bonds. The summed E-state index contributed by atoms with van der Waals surface area (Å²) in [4.78, 5) is 12.4. The van der Waals surface area contributed by atoms with Crippen LogP contribution < -0.4 is 14.4 Å². The molecule has 1 aromatic rings. The van der Waals surface area contributed by atoms with E-state index in [1.54, 1.807) is 43.0 Å². The van der Waals surface area contributed by atoms with E-state index in [-0.39, 0.29) is 10.7 Å². The number of methoxy groups -OCH3 is 1.